The Kier molecular flexibility index (Phi) is 8.76. The number of hydrogen-bond donors (Lipinski definition) is 0. The number of benzene rings is 5. The Hall–Kier alpha value is -5.17. The Morgan fingerprint density at radius 1 is 0.475 bits per heavy atom. The molecule has 0 fully saturated rings. The van der Waals surface area contributed by atoms with Crippen molar-refractivity contribution in [2.45, 2.75) is 0 Å². The van der Waals surface area contributed by atoms with Gasteiger partial charge in [0.15, 0.2) is 29.5 Å². The fourth-order valence-electron chi connectivity index (χ4n) is 3.98. The molecule has 0 spiro atoms. The molecule has 3 nitrogen and oxygen atoms in total. The number of halogens is 4. The number of aldehydes is 1. The fraction of sp³-hybridized carbons (Fsp3) is 0. The normalized spacial score (nSPS) is 10.3. The Labute approximate surface area is 227 Å². The summed E-state index contributed by atoms with van der Waals surface area (Å²) >= 11 is 0. The van der Waals surface area contributed by atoms with Gasteiger partial charge < -0.3 is 0 Å². The van der Waals surface area contributed by atoms with Crippen LogP contribution in [-0.4, -0.2) is 17.9 Å². The maximum atomic E-state index is 14.5. The lowest BCUT2D eigenvalue weighted by atomic mass is 9.92. The van der Waals surface area contributed by atoms with Gasteiger partial charge in [0.25, 0.3) is 0 Å². The summed E-state index contributed by atoms with van der Waals surface area (Å²) < 4.78 is 54.7. The smallest absolute Gasteiger partial charge is 0.196 e. The van der Waals surface area contributed by atoms with E-state index >= 15 is 0 Å². The van der Waals surface area contributed by atoms with Crippen molar-refractivity contribution >= 4 is 17.9 Å². The first-order valence-corrected chi connectivity index (χ1v) is 12.0. The molecule has 5 rings (SSSR count). The van der Waals surface area contributed by atoms with Crippen molar-refractivity contribution in [1.29, 1.82) is 0 Å². The van der Waals surface area contributed by atoms with E-state index < -0.39 is 34.8 Å². The molecule has 0 saturated heterocycles. The molecule has 0 aliphatic carbocycles. The van der Waals surface area contributed by atoms with Gasteiger partial charge in [-0.2, -0.15) is 0 Å². The molecule has 0 bridgehead atoms. The van der Waals surface area contributed by atoms with Crippen LogP contribution in [0.3, 0.4) is 0 Å². The average molecular weight is 541 g/mol. The molecule has 0 amide bonds. The van der Waals surface area contributed by atoms with Crippen molar-refractivity contribution in [2.75, 3.05) is 0 Å². The quantitative estimate of drug-likeness (QED) is 0.125. The van der Waals surface area contributed by atoms with Crippen LogP contribution < -0.4 is 0 Å². The highest BCUT2D eigenvalue weighted by molar-refractivity contribution is 6.13. The summed E-state index contributed by atoms with van der Waals surface area (Å²) in [5.74, 6) is -4.52. The van der Waals surface area contributed by atoms with Crippen molar-refractivity contribution in [3.8, 4) is 11.1 Å². The van der Waals surface area contributed by atoms with Crippen LogP contribution >= 0.6 is 0 Å². The van der Waals surface area contributed by atoms with Crippen LogP contribution in [0.5, 0.6) is 0 Å². The minimum Gasteiger partial charge on any atom is -0.298 e. The predicted octanol–water partition coefficient (Wildman–Crippen LogP) is 7.87. The molecule has 0 aliphatic rings. The summed E-state index contributed by atoms with van der Waals surface area (Å²) in [6, 6.07) is 28.1. The molecular weight excluding hydrogens is 520 g/mol. The number of ketones is 2. The van der Waals surface area contributed by atoms with Gasteiger partial charge in [0.2, 0.25) is 0 Å². The van der Waals surface area contributed by atoms with E-state index in [0.717, 1.165) is 6.07 Å². The highest BCUT2D eigenvalue weighted by Crippen LogP contribution is 2.29. The highest BCUT2D eigenvalue weighted by Gasteiger charge is 2.20. The average Bonchev–Trinajstić information content (AvgIpc) is 2.99. The van der Waals surface area contributed by atoms with Crippen LogP contribution in [-0.2, 0) is 0 Å². The van der Waals surface area contributed by atoms with Gasteiger partial charge in [0.05, 0.1) is 16.7 Å². The van der Waals surface area contributed by atoms with Gasteiger partial charge in [-0.3, -0.25) is 14.4 Å². The molecule has 0 aromatic heterocycles. The number of rotatable bonds is 6. The summed E-state index contributed by atoms with van der Waals surface area (Å²) in [6.07, 6.45) is 0.417. The predicted molar refractivity (Wildman–Crippen MR) is 143 cm³/mol. The van der Waals surface area contributed by atoms with E-state index in [1.54, 1.807) is 54.6 Å². The third-order valence-corrected chi connectivity index (χ3v) is 5.97. The van der Waals surface area contributed by atoms with E-state index in [-0.39, 0.29) is 27.8 Å². The zero-order valence-corrected chi connectivity index (χ0v) is 20.8. The fourth-order valence-corrected chi connectivity index (χ4v) is 3.98. The lowest BCUT2D eigenvalue weighted by Crippen LogP contribution is -2.06. The first-order chi connectivity index (χ1) is 19.3. The zero-order valence-electron chi connectivity index (χ0n) is 20.8. The Balaban J connectivity index is 0.000000201. The molecule has 198 valence electrons. The van der Waals surface area contributed by atoms with Gasteiger partial charge in [-0.25, -0.2) is 17.6 Å². The summed E-state index contributed by atoms with van der Waals surface area (Å²) in [5.41, 5.74) is 0.520. The first kappa shape index (κ1) is 27.9. The second-order valence-electron chi connectivity index (χ2n) is 8.48. The van der Waals surface area contributed by atoms with E-state index in [9.17, 15) is 31.9 Å². The van der Waals surface area contributed by atoms with Crippen LogP contribution in [0.4, 0.5) is 17.6 Å². The monoisotopic (exact) mass is 540 g/mol. The van der Waals surface area contributed by atoms with E-state index in [2.05, 4.69) is 0 Å². The van der Waals surface area contributed by atoms with E-state index in [1.807, 2.05) is 0 Å². The number of carbonyl (C=O) groups excluding carboxylic acids is 3. The SMILES string of the molecule is O=C(c1ccccc1)c1cccc(F)c1F.O=Cc1cccc(-c2ccccc2C(=O)c2ccccc2F)c1F. The second-order valence-corrected chi connectivity index (χ2v) is 8.48. The minimum atomic E-state index is -1.10. The third-order valence-electron chi connectivity index (χ3n) is 5.97. The van der Waals surface area contributed by atoms with Gasteiger partial charge in [0.1, 0.15) is 11.6 Å². The molecule has 0 saturated carbocycles. The van der Waals surface area contributed by atoms with Gasteiger partial charge in [-0.1, -0.05) is 84.9 Å². The molecule has 0 aliphatic heterocycles. The maximum Gasteiger partial charge on any atom is 0.196 e. The Bertz CT molecular complexity index is 1700. The molecule has 0 heterocycles. The van der Waals surface area contributed by atoms with Gasteiger partial charge in [0, 0.05) is 16.7 Å². The molecule has 0 atom stereocenters. The zero-order chi connectivity index (χ0) is 28.6. The van der Waals surface area contributed by atoms with Crippen LogP contribution in [0.2, 0.25) is 0 Å². The number of hydrogen-bond acceptors (Lipinski definition) is 3. The van der Waals surface area contributed by atoms with E-state index in [0.29, 0.717) is 17.4 Å². The first-order valence-electron chi connectivity index (χ1n) is 12.0. The Morgan fingerprint density at radius 3 is 1.73 bits per heavy atom. The van der Waals surface area contributed by atoms with Gasteiger partial charge in [-0.05, 0) is 35.9 Å². The second kappa shape index (κ2) is 12.6. The molecular formula is C33H20F4O3. The van der Waals surface area contributed by atoms with E-state index in [4.69, 9.17) is 0 Å². The molecule has 0 unspecified atom stereocenters. The van der Waals surface area contributed by atoms with Crippen molar-refractivity contribution in [2.24, 2.45) is 0 Å². The van der Waals surface area contributed by atoms with Crippen molar-refractivity contribution in [1.82, 2.24) is 0 Å². The van der Waals surface area contributed by atoms with Crippen molar-refractivity contribution in [3.05, 3.63) is 166 Å². The van der Waals surface area contributed by atoms with Crippen LogP contribution in [0, 0.1) is 23.3 Å². The summed E-state index contributed by atoms with van der Waals surface area (Å²) in [4.78, 5) is 35.4. The molecule has 40 heavy (non-hydrogen) atoms. The third kappa shape index (κ3) is 5.94. The van der Waals surface area contributed by atoms with Crippen molar-refractivity contribution < 1.29 is 31.9 Å². The standard InChI is InChI=1S/C20H12F2O2.C13H8F2O/c21-18-11-4-3-9-17(18)20(24)16-8-2-1-7-14(16)15-10-5-6-13(12-23)19(15)22;14-11-8-4-7-10(12(11)15)13(16)9-5-2-1-3-6-9/h1-12H;1-8H. The number of carbonyl (C=O) groups is 3. The highest BCUT2D eigenvalue weighted by atomic mass is 19.2. The minimum absolute atomic E-state index is 0.0862. The van der Waals surface area contributed by atoms with Crippen LogP contribution in [0.25, 0.3) is 11.1 Å². The lowest BCUT2D eigenvalue weighted by molar-refractivity contribution is 0.102. The molecule has 5 aromatic carbocycles. The van der Waals surface area contributed by atoms with Crippen LogP contribution in [0.1, 0.15) is 42.2 Å². The van der Waals surface area contributed by atoms with Crippen molar-refractivity contribution in [3.63, 3.8) is 0 Å². The largest absolute Gasteiger partial charge is 0.298 e. The van der Waals surface area contributed by atoms with Gasteiger partial charge >= 0.3 is 0 Å². The van der Waals surface area contributed by atoms with E-state index in [1.165, 1.54) is 54.6 Å². The molecule has 7 heteroatoms. The van der Waals surface area contributed by atoms with Crippen LogP contribution in [0.15, 0.2) is 115 Å². The lowest BCUT2D eigenvalue weighted by Gasteiger charge is -2.11. The topological polar surface area (TPSA) is 51.2 Å². The van der Waals surface area contributed by atoms with Gasteiger partial charge in [-0.15, -0.1) is 0 Å². The molecule has 0 N–H and O–H groups in total. The summed E-state index contributed by atoms with van der Waals surface area (Å²) in [6.45, 7) is 0. The maximum absolute atomic E-state index is 14.5. The molecule has 0 radical (unpaired) electrons. The molecule has 5 aromatic rings. The summed E-state index contributed by atoms with van der Waals surface area (Å²) in [7, 11) is 0. The summed E-state index contributed by atoms with van der Waals surface area (Å²) in [5, 5.41) is 0. The Morgan fingerprint density at radius 2 is 1.02 bits per heavy atom.